The van der Waals surface area contributed by atoms with Crippen LogP contribution in [0.15, 0.2) is 23.4 Å². The fraction of sp³-hybridized carbons (Fsp3) is 0.385. The normalized spacial score (nSPS) is 10.7. The number of amides is 1. The highest BCUT2D eigenvalue weighted by molar-refractivity contribution is 7.99. The van der Waals surface area contributed by atoms with Gasteiger partial charge < -0.3 is 14.8 Å². The molecule has 0 bridgehead atoms. The molecule has 11 heteroatoms. The first-order valence-corrected chi connectivity index (χ1v) is 7.71. The van der Waals surface area contributed by atoms with Crippen molar-refractivity contribution in [2.45, 2.75) is 18.3 Å². The van der Waals surface area contributed by atoms with Gasteiger partial charge in [-0.2, -0.15) is 8.78 Å². The summed E-state index contributed by atoms with van der Waals surface area (Å²) in [7, 11) is 3.02. The highest BCUT2D eigenvalue weighted by atomic mass is 32.2. The SMILES string of the molecule is COc1cc(CNC(=O)CSc2nnnn2C)ccc1OC(F)F. The maximum absolute atomic E-state index is 12.3. The molecule has 2 rings (SSSR count). The molecule has 1 amide bonds. The molecule has 8 nitrogen and oxygen atoms in total. The van der Waals surface area contributed by atoms with Gasteiger partial charge in [0, 0.05) is 13.6 Å². The molecule has 24 heavy (non-hydrogen) atoms. The van der Waals surface area contributed by atoms with Gasteiger partial charge in [-0.3, -0.25) is 4.79 Å². The molecule has 0 aliphatic rings. The number of halogens is 2. The summed E-state index contributed by atoms with van der Waals surface area (Å²) in [5.74, 6) is 0.0437. The van der Waals surface area contributed by atoms with Crippen molar-refractivity contribution in [3.8, 4) is 11.5 Å². The van der Waals surface area contributed by atoms with E-state index in [-0.39, 0.29) is 29.7 Å². The number of aromatic nitrogens is 4. The standard InChI is InChI=1S/C13H15F2N5O3S/c1-20-13(17-18-19-20)24-7-11(21)16-6-8-3-4-9(23-12(14)15)10(5-8)22-2/h3-5,12H,6-7H2,1-2H3,(H,16,21). The smallest absolute Gasteiger partial charge is 0.387 e. The Morgan fingerprint density at radius 2 is 2.21 bits per heavy atom. The minimum atomic E-state index is -2.93. The second kappa shape index (κ2) is 8.43. The topological polar surface area (TPSA) is 91.2 Å². The van der Waals surface area contributed by atoms with Crippen molar-refractivity contribution >= 4 is 17.7 Å². The van der Waals surface area contributed by atoms with E-state index in [0.29, 0.717) is 10.7 Å². The van der Waals surface area contributed by atoms with Crippen LogP contribution in [0.3, 0.4) is 0 Å². The number of methoxy groups -OCH3 is 1. The molecule has 1 aromatic carbocycles. The molecule has 0 fully saturated rings. The highest BCUT2D eigenvalue weighted by Gasteiger charge is 2.12. The third-order valence-corrected chi connectivity index (χ3v) is 3.86. The zero-order valence-corrected chi connectivity index (χ0v) is 13.7. The molecule has 1 N–H and O–H groups in total. The average molecular weight is 359 g/mol. The number of hydrogen-bond donors (Lipinski definition) is 1. The van der Waals surface area contributed by atoms with Crippen LogP contribution in [0.25, 0.3) is 0 Å². The van der Waals surface area contributed by atoms with E-state index < -0.39 is 6.61 Å². The molecule has 0 saturated carbocycles. The second-order valence-electron chi connectivity index (χ2n) is 4.51. The van der Waals surface area contributed by atoms with Crippen LogP contribution in [0.1, 0.15) is 5.56 Å². The third kappa shape index (κ3) is 5.05. The van der Waals surface area contributed by atoms with E-state index >= 15 is 0 Å². The van der Waals surface area contributed by atoms with Crippen LogP contribution < -0.4 is 14.8 Å². The van der Waals surface area contributed by atoms with E-state index in [0.717, 1.165) is 0 Å². The van der Waals surface area contributed by atoms with Gasteiger partial charge in [0.2, 0.25) is 11.1 Å². The van der Waals surface area contributed by atoms with Gasteiger partial charge in [0.25, 0.3) is 0 Å². The van der Waals surface area contributed by atoms with Gasteiger partial charge >= 0.3 is 6.61 Å². The molecular formula is C13H15F2N5O3S. The molecule has 130 valence electrons. The monoisotopic (exact) mass is 359 g/mol. The number of ether oxygens (including phenoxy) is 2. The van der Waals surface area contributed by atoms with Crippen LogP contribution in [-0.2, 0) is 18.4 Å². The fourth-order valence-corrected chi connectivity index (χ4v) is 2.42. The van der Waals surface area contributed by atoms with E-state index in [9.17, 15) is 13.6 Å². The van der Waals surface area contributed by atoms with Gasteiger partial charge in [0.05, 0.1) is 12.9 Å². The van der Waals surface area contributed by atoms with Gasteiger partial charge in [0.15, 0.2) is 11.5 Å². The number of nitrogens with zero attached hydrogens (tertiary/aromatic N) is 4. The molecule has 0 radical (unpaired) electrons. The van der Waals surface area contributed by atoms with Crippen molar-refractivity contribution in [2.24, 2.45) is 7.05 Å². The first-order valence-electron chi connectivity index (χ1n) is 6.73. The highest BCUT2D eigenvalue weighted by Crippen LogP contribution is 2.29. The van der Waals surface area contributed by atoms with Crippen LogP contribution in [-0.4, -0.2) is 45.6 Å². The largest absolute Gasteiger partial charge is 0.493 e. The Morgan fingerprint density at radius 1 is 1.42 bits per heavy atom. The minimum Gasteiger partial charge on any atom is -0.493 e. The van der Waals surface area contributed by atoms with Crippen molar-refractivity contribution in [3.05, 3.63) is 23.8 Å². The lowest BCUT2D eigenvalue weighted by Crippen LogP contribution is -2.24. The van der Waals surface area contributed by atoms with Crippen LogP contribution in [0.5, 0.6) is 11.5 Å². The van der Waals surface area contributed by atoms with Crippen LogP contribution in [0.4, 0.5) is 8.78 Å². The Hall–Kier alpha value is -2.43. The van der Waals surface area contributed by atoms with Gasteiger partial charge in [-0.25, -0.2) is 4.68 Å². The summed E-state index contributed by atoms with van der Waals surface area (Å²) >= 11 is 1.20. The zero-order valence-electron chi connectivity index (χ0n) is 12.9. The number of tetrazole rings is 1. The summed E-state index contributed by atoms with van der Waals surface area (Å²) in [6.07, 6.45) is 0. The Balaban J connectivity index is 1.87. The third-order valence-electron chi connectivity index (χ3n) is 2.85. The predicted octanol–water partition coefficient (Wildman–Crippen LogP) is 1.23. The van der Waals surface area contributed by atoms with Crippen molar-refractivity contribution in [1.29, 1.82) is 0 Å². The zero-order chi connectivity index (χ0) is 17.5. The predicted molar refractivity (Wildman–Crippen MR) is 81.0 cm³/mol. The van der Waals surface area contributed by atoms with Crippen LogP contribution >= 0.6 is 11.8 Å². The minimum absolute atomic E-state index is 0.0621. The van der Waals surface area contributed by atoms with Gasteiger partial charge in [0.1, 0.15) is 0 Å². The number of hydrogen-bond acceptors (Lipinski definition) is 7. The van der Waals surface area contributed by atoms with E-state index in [1.807, 2.05) is 0 Å². The lowest BCUT2D eigenvalue weighted by Gasteiger charge is -2.11. The number of carbonyl (C=O) groups excluding carboxylic acids is 1. The lowest BCUT2D eigenvalue weighted by molar-refractivity contribution is -0.118. The van der Waals surface area contributed by atoms with E-state index in [1.165, 1.54) is 35.7 Å². The maximum Gasteiger partial charge on any atom is 0.387 e. The van der Waals surface area contributed by atoms with Crippen molar-refractivity contribution in [1.82, 2.24) is 25.5 Å². The summed E-state index contributed by atoms with van der Waals surface area (Å²) in [4.78, 5) is 11.8. The lowest BCUT2D eigenvalue weighted by atomic mass is 10.2. The molecular weight excluding hydrogens is 344 g/mol. The Kier molecular flexibility index (Phi) is 6.29. The number of rotatable bonds is 8. The number of benzene rings is 1. The summed E-state index contributed by atoms with van der Waals surface area (Å²) in [6, 6.07) is 4.46. The number of alkyl halides is 2. The Morgan fingerprint density at radius 3 is 2.83 bits per heavy atom. The van der Waals surface area contributed by atoms with Gasteiger partial charge in [-0.15, -0.1) is 5.10 Å². The van der Waals surface area contributed by atoms with E-state index in [4.69, 9.17) is 4.74 Å². The van der Waals surface area contributed by atoms with Crippen molar-refractivity contribution < 1.29 is 23.0 Å². The van der Waals surface area contributed by atoms with E-state index in [1.54, 1.807) is 13.1 Å². The molecule has 0 aliphatic carbocycles. The quantitative estimate of drug-likeness (QED) is 0.709. The summed E-state index contributed by atoms with van der Waals surface area (Å²) in [5.41, 5.74) is 0.687. The van der Waals surface area contributed by atoms with Crippen molar-refractivity contribution in [2.75, 3.05) is 12.9 Å². The summed E-state index contributed by atoms with van der Waals surface area (Å²) in [5, 5.41) is 14.1. The average Bonchev–Trinajstić information content (AvgIpc) is 2.96. The van der Waals surface area contributed by atoms with Crippen molar-refractivity contribution in [3.63, 3.8) is 0 Å². The summed E-state index contributed by atoms with van der Waals surface area (Å²) in [6.45, 7) is -2.71. The number of aryl methyl sites for hydroxylation is 1. The molecule has 0 spiro atoms. The maximum atomic E-state index is 12.3. The molecule has 0 saturated heterocycles. The first kappa shape index (κ1) is 17.9. The number of thioether (sulfide) groups is 1. The molecule has 1 aromatic heterocycles. The molecule has 0 unspecified atom stereocenters. The Labute approximate surface area is 140 Å². The molecule has 0 atom stereocenters. The van der Waals surface area contributed by atoms with E-state index in [2.05, 4.69) is 25.6 Å². The number of nitrogens with one attached hydrogen (secondary N) is 1. The summed E-state index contributed by atoms with van der Waals surface area (Å²) < 4.78 is 35.3. The molecule has 2 aromatic rings. The first-order chi connectivity index (χ1) is 11.5. The Bertz CT molecular complexity index is 698. The van der Waals surface area contributed by atoms with Crippen LogP contribution in [0, 0.1) is 0 Å². The van der Waals surface area contributed by atoms with Crippen LogP contribution in [0.2, 0.25) is 0 Å². The second-order valence-corrected chi connectivity index (χ2v) is 5.46. The number of carbonyl (C=O) groups is 1. The van der Waals surface area contributed by atoms with Gasteiger partial charge in [-0.05, 0) is 28.1 Å². The van der Waals surface area contributed by atoms with Gasteiger partial charge in [-0.1, -0.05) is 17.8 Å². The molecule has 1 heterocycles. The molecule has 0 aliphatic heterocycles. The fourth-order valence-electron chi connectivity index (χ4n) is 1.74.